The van der Waals surface area contributed by atoms with Crippen LogP contribution in [0.5, 0.6) is 5.75 Å². The van der Waals surface area contributed by atoms with Crippen molar-refractivity contribution in [3.8, 4) is 17.1 Å². The first kappa shape index (κ1) is 31.5. The average Bonchev–Trinajstić information content (AvgIpc) is 2.92. The predicted octanol–water partition coefficient (Wildman–Crippen LogP) is 8.29. The molecule has 5 heteroatoms. The van der Waals surface area contributed by atoms with Crippen LogP contribution >= 0.6 is 0 Å². The Hall–Kier alpha value is -1.75. The summed E-state index contributed by atoms with van der Waals surface area (Å²) in [7, 11) is -0.406. The minimum absolute atomic E-state index is 0.406. The van der Waals surface area contributed by atoms with Crippen LogP contribution in [0.4, 0.5) is 0 Å². The molecule has 0 spiro atoms. The zero-order chi connectivity index (χ0) is 26.6. The molecule has 4 nitrogen and oxygen atoms in total. The van der Waals surface area contributed by atoms with Gasteiger partial charge in [0, 0.05) is 11.5 Å². The van der Waals surface area contributed by atoms with Gasteiger partial charge in [-0.3, -0.25) is 15.0 Å². The van der Waals surface area contributed by atoms with E-state index in [0.29, 0.717) is 0 Å². The summed E-state index contributed by atoms with van der Waals surface area (Å²) in [6.07, 6.45) is 25.8. The molecule has 0 aromatic carbocycles. The van der Waals surface area contributed by atoms with Gasteiger partial charge in [-0.25, -0.2) is 0 Å². The summed E-state index contributed by atoms with van der Waals surface area (Å²) in [4.78, 5) is 14.0. The average molecular weight is 526 g/mol. The minimum atomic E-state index is -0.406. The Labute approximate surface area is 230 Å². The fraction of sp³-hybridized carbons (Fsp3) is 0.719. The van der Waals surface area contributed by atoms with Gasteiger partial charge >= 0.3 is 0 Å². The first-order valence-electron chi connectivity index (χ1n) is 15.5. The summed E-state index contributed by atoms with van der Waals surface area (Å²) < 4.78 is 5.88. The van der Waals surface area contributed by atoms with Crippen molar-refractivity contribution in [2.24, 2.45) is 11.8 Å². The number of pyridine rings is 1. The van der Waals surface area contributed by atoms with Crippen LogP contribution in [-0.2, 0) is 0 Å². The minimum Gasteiger partial charge on any atom is -0.492 e. The molecule has 0 saturated heterocycles. The van der Waals surface area contributed by atoms with Gasteiger partial charge in [-0.1, -0.05) is 124 Å². The molecule has 2 atom stereocenters. The lowest BCUT2D eigenvalue weighted by Gasteiger charge is -2.13. The van der Waals surface area contributed by atoms with Crippen molar-refractivity contribution in [2.75, 3.05) is 6.61 Å². The normalized spacial score (nSPS) is 13.3. The topological polar surface area (TPSA) is 47.9 Å². The number of hydrogen-bond donors (Lipinski definition) is 0. The number of aromatic nitrogens is 3. The standard InChI is InChI=1S/C32H55N3OSi/c1-5-7-9-10-11-16-22-36-29-20-21-30(34-23-29)31-24-33-25-32(35-31)37-26-28(4)19-15-12-14-18-27(3)17-13-8-6-2/h20-21,23-25,27-28H,5-19,22,26,37H2,1-4H3. The van der Waals surface area contributed by atoms with Crippen LogP contribution in [0.1, 0.15) is 124 Å². The van der Waals surface area contributed by atoms with Gasteiger partial charge in [-0.15, -0.1) is 0 Å². The molecule has 2 rings (SSSR count). The summed E-state index contributed by atoms with van der Waals surface area (Å²) in [6, 6.07) is 5.34. The Morgan fingerprint density at radius 2 is 1.35 bits per heavy atom. The lowest BCUT2D eigenvalue weighted by Crippen LogP contribution is -2.21. The molecule has 0 aliphatic heterocycles. The van der Waals surface area contributed by atoms with Crippen molar-refractivity contribution in [3.05, 3.63) is 30.7 Å². The highest BCUT2D eigenvalue weighted by Gasteiger charge is 2.08. The van der Waals surface area contributed by atoms with Crippen molar-refractivity contribution in [1.82, 2.24) is 15.0 Å². The maximum absolute atomic E-state index is 5.88. The zero-order valence-electron chi connectivity index (χ0n) is 24.5. The number of ether oxygens (including phenoxy) is 1. The van der Waals surface area contributed by atoms with E-state index < -0.39 is 9.52 Å². The molecule has 208 valence electrons. The summed E-state index contributed by atoms with van der Waals surface area (Å²) in [5, 5.41) is 1.20. The van der Waals surface area contributed by atoms with E-state index in [9.17, 15) is 0 Å². The van der Waals surface area contributed by atoms with Crippen molar-refractivity contribution in [3.63, 3.8) is 0 Å². The lowest BCUT2D eigenvalue weighted by atomic mass is 9.96. The summed E-state index contributed by atoms with van der Waals surface area (Å²) >= 11 is 0. The van der Waals surface area contributed by atoms with Crippen molar-refractivity contribution in [1.29, 1.82) is 0 Å². The number of unbranched alkanes of at least 4 members (excludes halogenated alkanes) is 9. The van der Waals surface area contributed by atoms with E-state index in [4.69, 9.17) is 9.72 Å². The predicted molar refractivity (Wildman–Crippen MR) is 163 cm³/mol. The van der Waals surface area contributed by atoms with Crippen molar-refractivity contribution < 1.29 is 4.74 Å². The van der Waals surface area contributed by atoms with Crippen LogP contribution in [0, 0.1) is 11.8 Å². The van der Waals surface area contributed by atoms with E-state index >= 15 is 0 Å². The third-order valence-corrected chi connectivity index (χ3v) is 9.66. The molecule has 0 radical (unpaired) electrons. The molecule has 2 heterocycles. The second kappa shape index (κ2) is 20.2. The molecule has 0 saturated carbocycles. The van der Waals surface area contributed by atoms with Gasteiger partial charge in [0.05, 0.1) is 34.2 Å². The first-order chi connectivity index (χ1) is 18.1. The molecule has 2 aromatic heterocycles. The Bertz CT molecular complexity index is 814. The van der Waals surface area contributed by atoms with Crippen LogP contribution in [0.15, 0.2) is 30.7 Å². The van der Waals surface area contributed by atoms with E-state index in [0.717, 1.165) is 42.0 Å². The first-order valence-corrected chi connectivity index (χ1v) is 17.2. The van der Waals surface area contributed by atoms with Crippen molar-refractivity contribution >= 4 is 14.8 Å². The van der Waals surface area contributed by atoms with Crippen LogP contribution in [-0.4, -0.2) is 31.1 Å². The number of nitrogens with zero attached hydrogens (tertiary/aromatic N) is 3. The SMILES string of the molecule is CCCCCCCCOc1ccc(-c2cncc([SiH2]CC(C)CCCCCC(C)CCCCC)n2)nc1. The molecule has 0 N–H and O–H groups in total. The molecular weight excluding hydrogens is 470 g/mol. The van der Waals surface area contributed by atoms with Crippen LogP contribution in [0.2, 0.25) is 6.04 Å². The van der Waals surface area contributed by atoms with E-state index in [1.54, 1.807) is 0 Å². The third-order valence-electron chi connectivity index (χ3n) is 7.54. The highest BCUT2D eigenvalue weighted by Crippen LogP contribution is 2.20. The summed E-state index contributed by atoms with van der Waals surface area (Å²) in [6.45, 7) is 10.2. The third kappa shape index (κ3) is 14.7. The number of hydrogen-bond acceptors (Lipinski definition) is 4. The number of rotatable bonds is 22. The van der Waals surface area contributed by atoms with Gasteiger partial charge in [0.15, 0.2) is 0 Å². The quantitative estimate of drug-likeness (QED) is 0.115. The monoisotopic (exact) mass is 525 g/mol. The maximum Gasteiger partial charge on any atom is 0.137 e. The fourth-order valence-corrected chi connectivity index (χ4v) is 6.52. The molecule has 0 aliphatic carbocycles. The van der Waals surface area contributed by atoms with Gasteiger partial charge in [0.2, 0.25) is 0 Å². The largest absolute Gasteiger partial charge is 0.492 e. The van der Waals surface area contributed by atoms with Crippen LogP contribution < -0.4 is 10.1 Å². The Morgan fingerprint density at radius 1 is 0.703 bits per heavy atom. The molecule has 0 amide bonds. The van der Waals surface area contributed by atoms with Gasteiger partial charge < -0.3 is 4.74 Å². The van der Waals surface area contributed by atoms with Gasteiger partial charge in [-0.2, -0.15) is 0 Å². The molecule has 0 fully saturated rings. The Balaban J connectivity index is 1.64. The molecule has 2 unspecified atom stereocenters. The van der Waals surface area contributed by atoms with Gasteiger partial charge in [0.1, 0.15) is 11.4 Å². The fourth-order valence-electron chi connectivity index (χ4n) is 4.93. The van der Waals surface area contributed by atoms with E-state index in [-0.39, 0.29) is 0 Å². The van der Waals surface area contributed by atoms with Crippen LogP contribution in [0.25, 0.3) is 11.4 Å². The lowest BCUT2D eigenvalue weighted by molar-refractivity contribution is 0.303. The summed E-state index contributed by atoms with van der Waals surface area (Å²) in [5.41, 5.74) is 1.76. The molecule has 0 bridgehead atoms. The Morgan fingerprint density at radius 3 is 2.08 bits per heavy atom. The van der Waals surface area contributed by atoms with Crippen LogP contribution in [0.3, 0.4) is 0 Å². The molecule has 0 aliphatic rings. The second-order valence-corrected chi connectivity index (χ2v) is 13.1. The van der Waals surface area contributed by atoms with E-state index in [2.05, 4.69) is 37.7 Å². The smallest absolute Gasteiger partial charge is 0.137 e. The highest BCUT2D eigenvalue weighted by atomic mass is 28.2. The van der Waals surface area contributed by atoms with Crippen molar-refractivity contribution in [2.45, 2.75) is 130 Å². The molecule has 37 heavy (non-hydrogen) atoms. The zero-order valence-corrected chi connectivity index (χ0v) is 25.9. The highest BCUT2D eigenvalue weighted by molar-refractivity contribution is 6.52. The van der Waals surface area contributed by atoms with Gasteiger partial charge in [-0.05, 0) is 30.4 Å². The molecular formula is C32H55N3OSi. The maximum atomic E-state index is 5.88. The van der Waals surface area contributed by atoms with E-state index in [1.807, 2.05) is 30.7 Å². The van der Waals surface area contributed by atoms with E-state index in [1.165, 1.54) is 101 Å². The summed E-state index contributed by atoms with van der Waals surface area (Å²) in [5.74, 6) is 2.54. The second-order valence-electron chi connectivity index (χ2n) is 11.3. The van der Waals surface area contributed by atoms with Gasteiger partial charge in [0.25, 0.3) is 0 Å². The molecule has 2 aromatic rings. The Kier molecular flexibility index (Phi) is 17.2.